The summed E-state index contributed by atoms with van der Waals surface area (Å²) in [7, 11) is 0. The average molecular weight is 501 g/mol. The number of anilines is 2. The van der Waals surface area contributed by atoms with Crippen molar-refractivity contribution < 1.29 is 35.1 Å². The van der Waals surface area contributed by atoms with E-state index in [0.717, 1.165) is 35.2 Å². The van der Waals surface area contributed by atoms with Crippen molar-refractivity contribution in [3.05, 3.63) is 71.9 Å². The van der Waals surface area contributed by atoms with Crippen LogP contribution < -0.4 is 5.32 Å². The van der Waals surface area contributed by atoms with Crippen LogP contribution in [-0.2, 0) is 12.4 Å². The van der Waals surface area contributed by atoms with Crippen molar-refractivity contribution in [2.45, 2.75) is 18.8 Å². The summed E-state index contributed by atoms with van der Waals surface area (Å²) in [4.78, 5) is 18.7. The van der Waals surface area contributed by atoms with E-state index in [1.165, 1.54) is 18.3 Å². The smallest absolute Gasteiger partial charge is 0.324 e. The Balaban J connectivity index is 1.81. The molecule has 15 heteroatoms. The van der Waals surface area contributed by atoms with Crippen molar-refractivity contribution in [2.75, 3.05) is 5.32 Å². The number of rotatable bonds is 5. The molecule has 0 radical (unpaired) electrons. The van der Waals surface area contributed by atoms with Crippen LogP contribution in [0.2, 0.25) is 0 Å². The minimum Gasteiger partial charge on any atom is -0.324 e. The number of nitrogens with zero attached hydrogens (tertiary/aromatic N) is 6. The number of nitrogens with one attached hydrogen (secondary N) is 1. The van der Waals surface area contributed by atoms with E-state index in [-0.39, 0.29) is 34.7 Å². The molecule has 4 rings (SSSR count). The summed E-state index contributed by atoms with van der Waals surface area (Å²) in [5.41, 5.74) is -3.32. The van der Waals surface area contributed by atoms with Crippen molar-refractivity contribution in [3.8, 4) is 17.5 Å². The topological polar surface area (TPSA) is 81.4 Å². The van der Waals surface area contributed by atoms with Crippen LogP contribution in [0, 0.1) is 0 Å². The van der Waals surface area contributed by atoms with Crippen LogP contribution in [0.4, 0.5) is 46.8 Å². The molecular weight excluding hydrogens is 490 g/mol. The first kappa shape index (κ1) is 24.0. The first-order valence-electron chi connectivity index (χ1n) is 9.47. The van der Waals surface area contributed by atoms with Crippen LogP contribution in [-0.4, -0.2) is 29.5 Å². The van der Waals surface area contributed by atoms with E-state index in [1.54, 1.807) is 0 Å². The number of pyridine rings is 2. The Morgan fingerprint density at radius 2 is 1.57 bits per heavy atom. The van der Waals surface area contributed by atoms with Gasteiger partial charge >= 0.3 is 12.4 Å². The van der Waals surface area contributed by atoms with Gasteiger partial charge in [-0.3, -0.25) is 9.55 Å². The van der Waals surface area contributed by atoms with Crippen LogP contribution in [0.3, 0.4) is 0 Å². The normalized spacial score (nSPS) is 12.3. The van der Waals surface area contributed by atoms with Gasteiger partial charge in [0, 0.05) is 29.8 Å². The van der Waals surface area contributed by atoms with Crippen LogP contribution >= 0.6 is 0 Å². The number of halogens is 8. The van der Waals surface area contributed by atoms with E-state index in [2.05, 4.69) is 30.2 Å². The van der Waals surface area contributed by atoms with Gasteiger partial charge in [0.1, 0.15) is 17.1 Å². The fourth-order valence-corrected chi connectivity index (χ4v) is 2.83. The highest BCUT2D eigenvalue weighted by atomic mass is 19.4. The lowest BCUT2D eigenvalue weighted by molar-refractivity contribution is -0.141. The van der Waals surface area contributed by atoms with Crippen molar-refractivity contribution in [1.82, 2.24) is 29.5 Å². The monoisotopic (exact) mass is 501 g/mol. The highest BCUT2D eigenvalue weighted by Gasteiger charge is 2.33. The molecule has 0 aliphatic heterocycles. The zero-order chi connectivity index (χ0) is 25.4. The fraction of sp³-hybridized carbons (Fsp3) is 0.150. The van der Waals surface area contributed by atoms with Gasteiger partial charge in [0.05, 0.1) is 0 Å². The summed E-state index contributed by atoms with van der Waals surface area (Å²) in [5, 5.41) is 2.50. The summed E-state index contributed by atoms with van der Waals surface area (Å²) in [5.74, 6) is -1.06. The summed E-state index contributed by atoms with van der Waals surface area (Å²) in [6.45, 7) is 0. The molecule has 0 saturated carbocycles. The molecule has 0 fully saturated rings. The van der Waals surface area contributed by atoms with Gasteiger partial charge in [0.15, 0.2) is 5.82 Å². The maximum Gasteiger partial charge on any atom is 0.433 e. The number of hydrogen-bond acceptors (Lipinski definition) is 6. The lowest BCUT2D eigenvalue weighted by Crippen LogP contribution is -2.11. The fourth-order valence-electron chi connectivity index (χ4n) is 2.83. The third-order valence-electron chi connectivity index (χ3n) is 4.40. The van der Waals surface area contributed by atoms with E-state index in [4.69, 9.17) is 0 Å². The summed E-state index contributed by atoms with van der Waals surface area (Å²) >= 11 is 0. The Bertz CT molecular complexity index is 1350. The molecule has 35 heavy (non-hydrogen) atoms. The third kappa shape index (κ3) is 5.50. The minimum absolute atomic E-state index is 0.145. The molecule has 0 aliphatic carbocycles. The largest absolute Gasteiger partial charge is 0.433 e. The second kappa shape index (κ2) is 8.88. The zero-order valence-corrected chi connectivity index (χ0v) is 17.0. The van der Waals surface area contributed by atoms with E-state index in [0.29, 0.717) is 6.07 Å². The summed E-state index contributed by atoms with van der Waals surface area (Å²) in [6, 6.07) is 5.86. The molecule has 1 N–H and O–H groups in total. The first-order chi connectivity index (χ1) is 16.4. The number of alkyl halides is 8. The van der Waals surface area contributed by atoms with E-state index < -0.39 is 30.2 Å². The van der Waals surface area contributed by atoms with Crippen molar-refractivity contribution >= 4 is 11.6 Å². The van der Waals surface area contributed by atoms with Crippen LogP contribution in [0.25, 0.3) is 17.5 Å². The Morgan fingerprint density at radius 3 is 2.23 bits per heavy atom. The third-order valence-corrected chi connectivity index (χ3v) is 4.40. The van der Waals surface area contributed by atoms with Crippen LogP contribution in [0.15, 0.2) is 55.0 Å². The van der Waals surface area contributed by atoms with Gasteiger partial charge in [0.25, 0.3) is 6.43 Å². The molecule has 4 heterocycles. The predicted molar refractivity (Wildman–Crippen MR) is 105 cm³/mol. The molecule has 0 atom stereocenters. The van der Waals surface area contributed by atoms with Gasteiger partial charge in [-0.15, -0.1) is 0 Å². The summed E-state index contributed by atoms with van der Waals surface area (Å²) < 4.78 is 105. The molecule has 4 aromatic heterocycles. The molecule has 0 aromatic carbocycles. The Hall–Kier alpha value is -4.17. The molecule has 0 saturated heterocycles. The molecule has 182 valence electrons. The molecule has 7 nitrogen and oxygen atoms in total. The van der Waals surface area contributed by atoms with Gasteiger partial charge in [-0.25, -0.2) is 13.8 Å². The molecule has 4 aromatic rings. The Kier molecular flexibility index (Phi) is 6.08. The molecule has 0 spiro atoms. The standard InChI is InChI=1S/C20H11F8N7/c21-15(22)10-5-7-35(9-10)18-33-16(12-2-1-3-13(31-12)19(23,24)25)32-17(34-18)30-11-4-6-29-14(8-11)20(26,27)28/h1-9,15H,(H,29,30,32,33,34). The molecular formula is C20H11F8N7. The number of aromatic nitrogens is 6. The van der Waals surface area contributed by atoms with Crippen LogP contribution in [0.1, 0.15) is 23.4 Å². The minimum atomic E-state index is -4.77. The molecule has 0 aliphatic rings. The van der Waals surface area contributed by atoms with Gasteiger partial charge in [-0.2, -0.15) is 41.3 Å². The second-order valence-corrected chi connectivity index (χ2v) is 6.89. The quantitative estimate of drug-likeness (QED) is 0.346. The number of hydrogen-bond donors (Lipinski definition) is 1. The zero-order valence-electron chi connectivity index (χ0n) is 17.0. The maximum atomic E-state index is 13.1. The van der Waals surface area contributed by atoms with E-state index >= 15 is 0 Å². The Morgan fingerprint density at radius 1 is 0.829 bits per heavy atom. The van der Waals surface area contributed by atoms with Gasteiger partial charge in [-0.05, 0) is 30.3 Å². The maximum absolute atomic E-state index is 13.1. The lowest BCUT2D eigenvalue weighted by Gasteiger charge is -2.12. The van der Waals surface area contributed by atoms with Gasteiger partial charge in [0.2, 0.25) is 11.9 Å². The van der Waals surface area contributed by atoms with Gasteiger partial charge < -0.3 is 5.32 Å². The predicted octanol–water partition coefficient (Wildman–Crippen LogP) is 5.84. The SMILES string of the molecule is FC(F)c1ccn(-c2nc(Nc3ccnc(C(F)(F)F)c3)nc(-c3cccc(C(F)(F)F)n3)n2)c1. The Labute approximate surface area is 190 Å². The molecule has 0 bridgehead atoms. The van der Waals surface area contributed by atoms with Crippen LogP contribution in [0.5, 0.6) is 0 Å². The van der Waals surface area contributed by atoms with E-state index in [1.807, 2.05) is 0 Å². The van der Waals surface area contributed by atoms with E-state index in [9.17, 15) is 35.1 Å². The van der Waals surface area contributed by atoms with Crippen molar-refractivity contribution in [2.24, 2.45) is 0 Å². The van der Waals surface area contributed by atoms with Crippen molar-refractivity contribution in [1.29, 1.82) is 0 Å². The lowest BCUT2D eigenvalue weighted by atomic mass is 10.3. The highest BCUT2D eigenvalue weighted by Crippen LogP contribution is 2.31. The summed E-state index contributed by atoms with van der Waals surface area (Å²) in [6.07, 6.45) is -9.29. The molecule has 0 amide bonds. The first-order valence-corrected chi connectivity index (χ1v) is 9.47. The second-order valence-electron chi connectivity index (χ2n) is 6.89. The van der Waals surface area contributed by atoms with Gasteiger partial charge in [-0.1, -0.05) is 6.07 Å². The highest BCUT2D eigenvalue weighted by molar-refractivity contribution is 5.58. The van der Waals surface area contributed by atoms with Crippen molar-refractivity contribution in [3.63, 3.8) is 0 Å². The average Bonchev–Trinajstić information content (AvgIpc) is 3.29. The molecule has 0 unspecified atom stereocenters.